The van der Waals surface area contributed by atoms with Crippen LogP contribution >= 0.6 is 0 Å². The van der Waals surface area contributed by atoms with Gasteiger partial charge >= 0.3 is 6.18 Å². The summed E-state index contributed by atoms with van der Waals surface area (Å²) in [6.07, 6.45) is -4.48. The molecule has 0 unspecified atom stereocenters. The minimum absolute atomic E-state index is 0.0435. The van der Waals surface area contributed by atoms with Crippen LogP contribution in [0.5, 0.6) is 0 Å². The van der Waals surface area contributed by atoms with E-state index in [4.69, 9.17) is 0 Å². The number of benzene rings is 3. The molecule has 0 saturated carbocycles. The third-order valence-electron chi connectivity index (χ3n) is 4.15. The van der Waals surface area contributed by atoms with Gasteiger partial charge in [-0.1, -0.05) is 18.2 Å². The number of aryl methyl sites for hydroxylation is 1. The number of nitrogens with one attached hydrogen (secondary N) is 2. The molecule has 0 radical (unpaired) electrons. The van der Waals surface area contributed by atoms with Crippen LogP contribution < -0.4 is 10.0 Å². The van der Waals surface area contributed by atoms with Crippen molar-refractivity contribution >= 4 is 27.3 Å². The molecule has 0 atom stereocenters. The van der Waals surface area contributed by atoms with Crippen molar-refractivity contribution in [1.82, 2.24) is 0 Å². The molecule has 3 rings (SSSR count). The van der Waals surface area contributed by atoms with E-state index in [-0.39, 0.29) is 16.1 Å². The Balaban J connectivity index is 1.78. The van der Waals surface area contributed by atoms with Gasteiger partial charge in [-0.25, -0.2) is 8.42 Å². The molecule has 30 heavy (non-hydrogen) atoms. The second-order valence-electron chi connectivity index (χ2n) is 6.53. The molecule has 0 saturated heterocycles. The number of anilines is 2. The first-order valence-electron chi connectivity index (χ1n) is 8.73. The zero-order chi connectivity index (χ0) is 21.9. The Morgan fingerprint density at radius 1 is 0.867 bits per heavy atom. The summed E-state index contributed by atoms with van der Waals surface area (Å²) in [4.78, 5) is 12.3. The molecule has 0 bridgehead atoms. The summed E-state index contributed by atoms with van der Waals surface area (Å²) < 4.78 is 65.6. The molecule has 3 aromatic rings. The second kappa shape index (κ2) is 8.19. The Morgan fingerprint density at radius 3 is 2.17 bits per heavy atom. The quantitative estimate of drug-likeness (QED) is 0.589. The van der Waals surface area contributed by atoms with Crippen molar-refractivity contribution in [2.24, 2.45) is 0 Å². The van der Waals surface area contributed by atoms with Gasteiger partial charge in [-0.05, 0) is 67.1 Å². The molecule has 0 heterocycles. The SMILES string of the molecule is Cc1cccc(NS(=O)(=O)c2cccc(C(=O)Nc3ccc(C(F)(F)F)cc3)c2)c1. The Kier molecular flexibility index (Phi) is 5.84. The number of alkyl halides is 3. The van der Waals surface area contributed by atoms with E-state index in [9.17, 15) is 26.4 Å². The Morgan fingerprint density at radius 2 is 1.53 bits per heavy atom. The molecular weight excluding hydrogens is 417 g/mol. The molecule has 2 N–H and O–H groups in total. The van der Waals surface area contributed by atoms with Gasteiger partial charge < -0.3 is 5.32 Å². The lowest BCUT2D eigenvalue weighted by Gasteiger charge is -2.11. The molecule has 0 fully saturated rings. The molecule has 0 aliphatic heterocycles. The number of amides is 1. The van der Waals surface area contributed by atoms with Crippen LogP contribution in [-0.2, 0) is 16.2 Å². The second-order valence-corrected chi connectivity index (χ2v) is 8.21. The van der Waals surface area contributed by atoms with Gasteiger partial charge in [0, 0.05) is 16.9 Å². The maximum atomic E-state index is 12.6. The maximum absolute atomic E-state index is 12.6. The zero-order valence-electron chi connectivity index (χ0n) is 15.7. The highest BCUT2D eigenvalue weighted by molar-refractivity contribution is 7.92. The van der Waals surface area contributed by atoms with Gasteiger partial charge in [0.15, 0.2) is 0 Å². The summed E-state index contributed by atoms with van der Waals surface area (Å²) in [6.45, 7) is 1.82. The minimum atomic E-state index is -4.48. The standard InChI is InChI=1S/C21H17F3N2O3S/c1-14-4-2-6-18(12-14)26-30(28,29)19-7-3-5-15(13-19)20(27)25-17-10-8-16(9-11-17)21(22,23)24/h2-13,26H,1H3,(H,25,27). The van der Waals surface area contributed by atoms with Crippen LogP contribution in [-0.4, -0.2) is 14.3 Å². The zero-order valence-corrected chi connectivity index (χ0v) is 16.5. The van der Waals surface area contributed by atoms with Crippen molar-refractivity contribution in [3.63, 3.8) is 0 Å². The van der Waals surface area contributed by atoms with E-state index in [0.717, 1.165) is 29.8 Å². The predicted octanol–water partition coefficient (Wildman–Crippen LogP) is 5.07. The van der Waals surface area contributed by atoms with E-state index < -0.39 is 27.7 Å². The highest BCUT2D eigenvalue weighted by Crippen LogP contribution is 2.30. The summed E-state index contributed by atoms with van der Waals surface area (Å²) in [6, 6.07) is 16.1. The number of sulfonamides is 1. The fraction of sp³-hybridized carbons (Fsp3) is 0.0952. The Labute approximate surface area is 171 Å². The molecule has 5 nitrogen and oxygen atoms in total. The van der Waals surface area contributed by atoms with Crippen molar-refractivity contribution in [2.75, 3.05) is 10.0 Å². The van der Waals surface area contributed by atoms with E-state index in [0.29, 0.717) is 5.69 Å². The fourth-order valence-corrected chi connectivity index (χ4v) is 3.77. The first-order valence-corrected chi connectivity index (χ1v) is 10.2. The predicted molar refractivity (Wildman–Crippen MR) is 108 cm³/mol. The molecule has 3 aromatic carbocycles. The van der Waals surface area contributed by atoms with Crippen LogP contribution in [0.2, 0.25) is 0 Å². The van der Waals surface area contributed by atoms with Crippen LogP contribution in [0.3, 0.4) is 0 Å². The largest absolute Gasteiger partial charge is 0.416 e. The summed E-state index contributed by atoms with van der Waals surface area (Å²) in [5.74, 6) is -0.651. The lowest BCUT2D eigenvalue weighted by Crippen LogP contribution is -2.16. The van der Waals surface area contributed by atoms with Crippen molar-refractivity contribution < 1.29 is 26.4 Å². The number of carbonyl (C=O) groups excluding carboxylic acids is 1. The van der Waals surface area contributed by atoms with Crippen molar-refractivity contribution in [3.8, 4) is 0 Å². The third kappa shape index (κ3) is 5.18. The molecule has 0 aliphatic carbocycles. The topological polar surface area (TPSA) is 75.3 Å². The third-order valence-corrected chi connectivity index (χ3v) is 5.53. The summed E-state index contributed by atoms with van der Waals surface area (Å²) in [5, 5.41) is 2.45. The lowest BCUT2D eigenvalue weighted by atomic mass is 10.2. The molecular formula is C21H17F3N2O3S. The highest BCUT2D eigenvalue weighted by Gasteiger charge is 2.30. The van der Waals surface area contributed by atoms with Gasteiger partial charge in [-0.3, -0.25) is 9.52 Å². The molecule has 9 heteroatoms. The van der Waals surface area contributed by atoms with Crippen molar-refractivity contribution in [2.45, 2.75) is 18.0 Å². The Hall–Kier alpha value is -3.33. The molecule has 156 valence electrons. The van der Waals surface area contributed by atoms with Gasteiger partial charge in [0.25, 0.3) is 15.9 Å². The molecule has 0 spiro atoms. The van der Waals surface area contributed by atoms with E-state index in [1.165, 1.54) is 24.3 Å². The Bertz CT molecular complexity index is 1170. The highest BCUT2D eigenvalue weighted by atomic mass is 32.2. The normalized spacial score (nSPS) is 11.7. The number of carbonyl (C=O) groups is 1. The first kappa shape index (κ1) is 21.4. The van der Waals surface area contributed by atoms with Crippen molar-refractivity contribution in [1.29, 1.82) is 0 Å². The van der Waals surface area contributed by atoms with Gasteiger partial charge in [0.1, 0.15) is 0 Å². The summed E-state index contributed by atoms with van der Waals surface area (Å²) in [7, 11) is -3.94. The fourth-order valence-electron chi connectivity index (χ4n) is 2.67. The van der Waals surface area contributed by atoms with Gasteiger partial charge in [-0.2, -0.15) is 13.2 Å². The van der Waals surface area contributed by atoms with Crippen LogP contribution in [0.25, 0.3) is 0 Å². The number of rotatable bonds is 5. The first-order chi connectivity index (χ1) is 14.0. The average molecular weight is 434 g/mol. The van der Waals surface area contributed by atoms with Crippen LogP contribution in [0, 0.1) is 6.92 Å². The molecule has 1 amide bonds. The molecule has 0 aromatic heterocycles. The van der Waals surface area contributed by atoms with Gasteiger partial charge in [-0.15, -0.1) is 0 Å². The summed E-state index contributed by atoms with van der Waals surface area (Å²) in [5.41, 5.74) is 0.617. The maximum Gasteiger partial charge on any atom is 0.416 e. The number of hydrogen-bond donors (Lipinski definition) is 2. The average Bonchev–Trinajstić information content (AvgIpc) is 2.67. The summed E-state index contributed by atoms with van der Waals surface area (Å²) >= 11 is 0. The van der Waals surface area contributed by atoms with E-state index in [1.54, 1.807) is 18.2 Å². The van der Waals surface area contributed by atoms with Crippen LogP contribution in [0.1, 0.15) is 21.5 Å². The van der Waals surface area contributed by atoms with Crippen molar-refractivity contribution in [3.05, 3.63) is 89.5 Å². The lowest BCUT2D eigenvalue weighted by molar-refractivity contribution is -0.137. The van der Waals surface area contributed by atoms with Crippen LogP contribution in [0.4, 0.5) is 24.5 Å². The number of hydrogen-bond acceptors (Lipinski definition) is 3. The van der Waals surface area contributed by atoms with Crippen LogP contribution in [0.15, 0.2) is 77.7 Å². The van der Waals surface area contributed by atoms with Gasteiger partial charge in [0.2, 0.25) is 0 Å². The van der Waals surface area contributed by atoms with E-state index in [1.807, 2.05) is 13.0 Å². The van der Waals surface area contributed by atoms with E-state index >= 15 is 0 Å². The van der Waals surface area contributed by atoms with E-state index in [2.05, 4.69) is 10.0 Å². The monoisotopic (exact) mass is 434 g/mol. The molecule has 0 aliphatic rings. The smallest absolute Gasteiger partial charge is 0.322 e. The number of halogens is 3. The minimum Gasteiger partial charge on any atom is -0.322 e. The van der Waals surface area contributed by atoms with Gasteiger partial charge in [0.05, 0.1) is 10.5 Å².